The molecule has 10 atom stereocenters. The van der Waals surface area contributed by atoms with Crippen LogP contribution in [-0.4, -0.2) is 48.8 Å². The van der Waals surface area contributed by atoms with Crippen LogP contribution in [0, 0.1) is 40.4 Å². The Morgan fingerprint density at radius 1 is 0.917 bits per heavy atom. The van der Waals surface area contributed by atoms with E-state index in [1.165, 1.54) is 0 Å². The molecular weight excluding hydrogens is 464 g/mol. The van der Waals surface area contributed by atoms with Crippen molar-refractivity contribution in [3.8, 4) is 0 Å². The highest BCUT2D eigenvalue weighted by molar-refractivity contribution is 5.66. The molecule has 0 aromatic heterocycles. The Kier molecular flexibility index (Phi) is 9.44. The molecule has 0 aromatic carbocycles. The normalized spacial score (nSPS) is 41.6. The van der Waals surface area contributed by atoms with Gasteiger partial charge in [0, 0.05) is 17.3 Å². The molecule has 3 unspecified atom stereocenters. The molecule has 0 radical (unpaired) electrons. The summed E-state index contributed by atoms with van der Waals surface area (Å²) in [6.07, 6.45) is 6.33. The lowest BCUT2D eigenvalue weighted by molar-refractivity contribution is -0.210. The van der Waals surface area contributed by atoms with Gasteiger partial charge in [-0.2, -0.15) is 0 Å². The molecule has 1 N–H and O–H groups in total. The molecule has 3 aliphatic carbocycles. The maximum absolute atomic E-state index is 11.7. The van der Waals surface area contributed by atoms with Gasteiger partial charge in [0.1, 0.15) is 18.3 Å². The van der Waals surface area contributed by atoms with Crippen LogP contribution in [0.5, 0.6) is 0 Å². The van der Waals surface area contributed by atoms with Gasteiger partial charge < -0.3 is 19.3 Å². The van der Waals surface area contributed by atoms with Gasteiger partial charge in [-0.25, -0.2) is 0 Å². The maximum atomic E-state index is 11.7. The van der Waals surface area contributed by atoms with Gasteiger partial charge in [0.25, 0.3) is 19.4 Å². The van der Waals surface area contributed by atoms with Crippen LogP contribution in [-0.2, 0) is 33.4 Å². The summed E-state index contributed by atoms with van der Waals surface area (Å²) in [5.74, 6) is 0.119. The average molecular weight is 509 g/mol. The summed E-state index contributed by atoms with van der Waals surface area (Å²) in [5.41, 5.74) is -0.668. The smallest absolute Gasteiger partial charge is 0.303 e. The first-order chi connectivity index (χ1) is 17.1. The van der Waals surface area contributed by atoms with Gasteiger partial charge >= 0.3 is 5.97 Å². The summed E-state index contributed by atoms with van der Waals surface area (Å²) in [6.45, 7) is 10.5. The summed E-state index contributed by atoms with van der Waals surface area (Å²) in [7, 11) is 0. The van der Waals surface area contributed by atoms with Gasteiger partial charge in [-0.05, 0) is 87.4 Å². The number of carbonyl (C=O) groups excluding carboxylic acids is 3. The molecule has 0 bridgehead atoms. The van der Waals surface area contributed by atoms with E-state index in [1.807, 2.05) is 0 Å². The van der Waals surface area contributed by atoms with Gasteiger partial charge in [0.2, 0.25) is 0 Å². The fourth-order valence-electron chi connectivity index (χ4n) is 8.83. The van der Waals surface area contributed by atoms with E-state index < -0.39 is 5.97 Å². The summed E-state index contributed by atoms with van der Waals surface area (Å²) in [5, 5.41) is 9.27. The number of carboxylic acids is 1. The minimum absolute atomic E-state index is 0.120. The molecule has 3 fully saturated rings. The lowest BCUT2D eigenvalue weighted by Crippen LogP contribution is -2.62. The van der Waals surface area contributed by atoms with Crippen LogP contribution in [0.2, 0.25) is 0 Å². The topological polar surface area (TPSA) is 116 Å². The molecule has 3 rings (SSSR count). The molecular formula is C28H44O8. The van der Waals surface area contributed by atoms with Crippen LogP contribution in [0.15, 0.2) is 0 Å². The van der Waals surface area contributed by atoms with Crippen LogP contribution in [0.25, 0.3) is 0 Å². The van der Waals surface area contributed by atoms with Gasteiger partial charge in [0.15, 0.2) is 0 Å². The van der Waals surface area contributed by atoms with E-state index in [-0.39, 0.29) is 65.2 Å². The highest BCUT2D eigenvalue weighted by Crippen LogP contribution is 2.68. The molecule has 36 heavy (non-hydrogen) atoms. The molecule has 0 heterocycles. The summed E-state index contributed by atoms with van der Waals surface area (Å²) < 4.78 is 17.1. The Balaban J connectivity index is 2.03. The molecule has 8 heteroatoms. The molecule has 0 spiro atoms. The summed E-state index contributed by atoms with van der Waals surface area (Å²) >= 11 is 0. The van der Waals surface area contributed by atoms with Crippen molar-refractivity contribution in [2.24, 2.45) is 40.4 Å². The van der Waals surface area contributed by atoms with Crippen molar-refractivity contribution < 1.29 is 38.5 Å². The second-order valence-corrected chi connectivity index (χ2v) is 12.0. The number of ether oxygens (including phenoxy) is 3. The first-order valence-electron chi connectivity index (χ1n) is 13.6. The highest BCUT2D eigenvalue weighted by Gasteiger charge is 2.67. The van der Waals surface area contributed by atoms with Gasteiger partial charge in [-0.3, -0.25) is 19.2 Å². The molecule has 0 aromatic rings. The van der Waals surface area contributed by atoms with Crippen LogP contribution in [0.3, 0.4) is 0 Å². The number of hydrogen-bond donors (Lipinski definition) is 1. The standard InChI is InChI=1S/C28H44O8/c1-18(9-13-26(32)33)21-11-12-23-27(21,3)25(36-17-31)14-22-19(2)8-10-20(34-15-29)6-5-7-24(35-16-30)28(22,23)4/h15-25H,5-14H2,1-4H3,(H,32,33)/t18-,19?,20+,21?,22-,23?,24-,25+,27-,28-/m1/s1. The Morgan fingerprint density at radius 3 is 2.22 bits per heavy atom. The van der Waals surface area contributed by atoms with Gasteiger partial charge in [0.05, 0.1) is 0 Å². The van der Waals surface area contributed by atoms with Crippen molar-refractivity contribution in [1.82, 2.24) is 0 Å². The van der Waals surface area contributed by atoms with E-state index >= 15 is 0 Å². The second kappa shape index (κ2) is 12.0. The lowest BCUT2D eigenvalue weighted by Gasteiger charge is -2.61. The Morgan fingerprint density at radius 2 is 1.58 bits per heavy atom. The zero-order valence-corrected chi connectivity index (χ0v) is 22.2. The number of hydrogen-bond acceptors (Lipinski definition) is 7. The second-order valence-electron chi connectivity index (χ2n) is 12.0. The highest BCUT2D eigenvalue weighted by atomic mass is 16.5. The largest absolute Gasteiger partial charge is 0.481 e. The zero-order valence-electron chi connectivity index (χ0n) is 22.2. The average Bonchev–Trinajstić information content (AvgIpc) is 3.20. The molecule has 3 saturated carbocycles. The summed E-state index contributed by atoms with van der Waals surface area (Å²) in [6, 6.07) is 0. The van der Waals surface area contributed by atoms with E-state index in [0.29, 0.717) is 38.7 Å². The van der Waals surface area contributed by atoms with Crippen molar-refractivity contribution in [2.75, 3.05) is 0 Å². The van der Waals surface area contributed by atoms with Crippen LogP contribution in [0.4, 0.5) is 0 Å². The molecule has 3 aliphatic rings. The molecule has 0 aliphatic heterocycles. The van der Waals surface area contributed by atoms with E-state index in [4.69, 9.17) is 14.2 Å². The maximum Gasteiger partial charge on any atom is 0.303 e. The van der Waals surface area contributed by atoms with E-state index in [0.717, 1.165) is 38.5 Å². The third-order valence-corrected chi connectivity index (χ3v) is 10.5. The molecule has 204 valence electrons. The predicted molar refractivity (Wildman–Crippen MR) is 132 cm³/mol. The van der Waals surface area contributed by atoms with E-state index in [1.54, 1.807) is 0 Å². The molecule has 0 saturated heterocycles. The quantitative estimate of drug-likeness (QED) is 0.331. The third kappa shape index (κ3) is 5.28. The molecule has 8 nitrogen and oxygen atoms in total. The number of aliphatic carboxylic acids is 1. The molecule has 0 amide bonds. The van der Waals surface area contributed by atoms with Crippen LogP contribution >= 0.6 is 0 Å². The SMILES string of the molecule is CC1CC[C@@H](OC=O)CCC[C@@H](OC=O)[C@@]2(C)C3CCC([C@H](C)CCC(=O)O)[C@@]3(C)[C@@H](OC=O)C[C@H]12. The van der Waals surface area contributed by atoms with Crippen LogP contribution < -0.4 is 0 Å². The van der Waals surface area contributed by atoms with Gasteiger partial charge in [-0.1, -0.05) is 27.7 Å². The van der Waals surface area contributed by atoms with Crippen molar-refractivity contribution in [2.45, 2.75) is 110 Å². The number of carbonyl (C=O) groups is 4. The zero-order chi connectivity index (χ0) is 26.5. The summed E-state index contributed by atoms with van der Waals surface area (Å²) in [4.78, 5) is 45.7. The Hall–Kier alpha value is -2.12. The van der Waals surface area contributed by atoms with E-state index in [2.05, 4.69) is 27.7 Å². The minimum atomic E-state index is -0.796. The Labute approximate surface area is 214 Å². The number of rotatable bonds is 10. The van der Waals surface area contributed by atoms with Gasteiger partial charge in [-0.15, -0.1) is 0 Å². The van der Waals surface area contributed by atoms with E-state index in [9.17, 15) is 24.3 Å². The van der Waals surface area contributed by atoms with Crippen molar-refractivity contribution in [3.63, 3.8) is 0 Å². The number of carboxylic acid groups (broad SMARTS) is 1. The fraction of sp³-hybridized carbons (Fsp3) is 0.857. The predicted octanol–water partition coefficient (Wildman–Crippen LogP) is 4.77. The first-order valence-corrected chi connectivity index (χ1v) is 13.6. The van der Waals surface area contributed by atoms with Crippen LogP contribution in [0.1, 0.15) is 91.9 Å². The minimum Gasteiger partial charge on any atom is -0.481 e. The third-order valence-electron chi connectivity index (χ3n) is 10.5. The van der Waals surface area contributed by atoms with Crippen molar-refractivity contribution in [3.05, 3.63) is 0 Å². The van der Waals surface area contributed by atoms with Crippen molar-refractivity contribution >= 4 is 25.4 Å². The number of fused-ring (bicyclic) bond motifs is 3. The lowest BCUT2D eigenvalue weighted by atomic mass is 9.45. The Bertz CT molecular complexity index is 786. The van der Waals surface area contributed by atoms with Crippen molar-refractivity contribution in [1.29, 1.82) is 0 Å². The monoisotopic (exact) mass is 508 g/mol. The first kappa shape index (κ1) is 28.5. The fourth-order valence-corrected chi connectivity index (χ4v) is 8.83.